The third-order valence-corrected chi connectivity index (χ3v) is 2.78. The number of aliphatic hydroxyl groups is 1. The zero-order chi connectivity index (χ0) is 11.5. The summed E-state index contributed by atoms with van der Waals surface area (Å²) in [5, 5.41) is 10.1. The Kier molecular flexibility index (Phi) is 3.19. The largest absolute Gasteiger partial charge is 0.454 e. The molecule has 16 heavy (non-hydrogen) atoms. The van der Waals surface area contributed by atoms with E-state index in [-0.39, 0.29) is 6.79 Å². The van der Waals surface area contributed by atoms with E-state index >= 15 is 0 Å². The van der Waals surface area contributed by atoms with E-state index in [1.807, 2.05) is 0 Å². The van der Waals surface area contributed by atoms with Crippen molar-refractivity contribution in [2.24, 2.45) is 0 Å². The first-order valence-corrected chi connectivity index (χ1v) is 5.60. The molecule has 1 unspecified atom stereocenters. The van der Waals surface area contributed by atoms with E-state index in [0.29, 0.717) is 29.2 Å². The zero-order valence-corrected chi connectivity index (χ0v) is 9.40. The molecule has 4 heteroatoms. The van der Waals surface area contributed by atoms with Crippen LogP contribution >= 0.6 is 0 Å². The summed E-state index contributed by atoms with van der Waals surface area (Å²) in [5.74, 6) is 1.27. The smallest absolute Gasteiger partial charge is 0.231 e. The first kappa shape index (κ1) is 11.1. The lowest BCUT2D eigenvalue weighted by Gasteiger charge is -2.15. The molecule has 88 valence electrons. The van der Waals surface area contributed by atoms with Crippen molar-refractivity contribution in [3.05, 3.63) is 17.7 Å². The van der Waals surface area contributed by atoms with Crippen molar-refractivity contribution >= 4 is 5.69 Å². The number of anilines is 1. The van der Waals surface area contributed by atoms with Crippen LogP contribution in [0.2, 0.25) is 0 Å². The maximum atomic E-state index is 10.1. The van der Waals surface area contributed by atoms with Gasteiger partial charge in [-0.3, -0.25) is 0 Å². The van der Waals surface area contributed by atoms with Crippen molar-refractivity contribution in [2.75, 3.05) is 12.5 Å². The Morgan fingerprint density at radius 3 is 3.00 bits per heavy atom. The molecular weight excluding hydrogens is 206 g/mol. The summed E-state index contributed by atoms with van der Waals surface area (Å²) in [5.41, 5.74) is 7.10. The Morgan fingerprint density at radius 1 is 1.44 bits per heavy atom. The summed E-state index contributed by atoms with van der Waals surface area (Å²) >= 11 is 0. The van der Waals surface area contributed by atoms with E-state index in [4.69, 9.17) is 15.2 Å². The summed E-state index contributed by atoms with van der Waals surface area (Å²) in [4.78, 5) is 0. The van der Waals surface area contributed by atoms with Crippen LogP contribution in [-0.2, 0) is 0 Å². The highest BCUT2D eigenvalue weighted by molar-refractivity contribution is 5.62. The Hall–Kier alpha value is -1.42. The van der Waals surface area contributed by atoms with Gasteiger partial charge in [-0.1, -0.05) is 19.8 Å². The molecule has 0 amide bonds. The van der Waals surface area contributed by atoms with Crippen LogP contribution in [0.4, 0.5) is 5.69 Å². The van der Waals surface area contributed by atoms with Gasteiger partial charge in [-0.05, 0) is 18.6 Å². The lowest BCUT2D eigenvalue weighted by atomic mass is 10.0. The lowest BCUT2D eigenvalue weighted by molar-refractivity contribution is 0.150. The van der Waals surface area contributed by atoms with E-state index in [2.05, 4.69) is 6.92 Å². The number of fused-ring (bicyclic) bond motifs is 1. The van der Waals surface area contributed by atoms with Crippen LogP contribution < -0.4 is 15.2 Å². The van der Waals surface area contributed by atoms with E-state index in [9.17, 15) is 5.11 Å². The molecule has 2 rings (SSSR count). The zero-order valence-electron chi connectivity index (χ0n) is 9.40. The van der Waals surface area contributed by atoms with Gasteiger partial charge in [-0.2, -0.15) is 0 Å². The van der Waals surface area contributed by atoms with Gasteiger partial charge in [0.25, 0.3) is 0 Å². The molecule has 1 aromatic rings. The predicted octanol–water partition coefficient (Wildman–Crippen LogP) is 2.22. The molecule has 1 aliphatic heterocycles. The van der Waals surface area contributed by atoms with E-state index < -0.39 is 6.10 Å². The van der Waals surface area contributed by atoms with Gasteiger partial charge in [0.1, 0.15) is 0 Å². The number of rotatable bonds is 4. The van der Waals surface area contributed by atoms with Gasteiger partial charge < -0.3 is 20.3 Å². The lowest BCUT2D eigenvalue weighted by Crippen LogP contribution is -2.04. The van der Waals surface area contributed by atoms with E-state index in [1.165, 1.54) is 0 Å². The van der Waals surface area contributed by atoms with Crippen molar-refractivity contribution in [3.8, 4) is 11.5 Å². The summed E-state index contributed by atoms with van der Waals surface area (Å²) < 4.78 is 10.6. The van der Waals surface area contributed by atoms with Crippen LogP contribution in [0.1, 0.15) is 37.9 Å². The summed E-state index contributed by atoms with van der Waals surface area (Å²) in [6, 6.07) is 3.52. The molecule has 0 radical (unpaired) electrons. The van der Waals surface area contributed by atoms with Gasteiger partial charge in [0.05, 0.1) is 6.10 Å². The average molecular weight is 223 g/mol. The Balaban J connectivity index is 2.28. The maximum absolute atomic E-state index is 10.1. The fourth-order valence-electron chi connectivity index (χ4n) is 1.89. The number of aliphatic hydroxyl groups excluding tert-OH is 1. The topological polar surface area (TPSA) is 64.7 Å². The Bertz CT molecular complexity index is 379. The van der Waals surface area contributed by atoms with Crippen molar-refractivity contribution < 1.29 is 14.6 Å². The first-order valence-electron chi connectivity index (χ1n) is 5.60. The standard InChI is InChI=1S/C12H17NO3/c1-2-3-4-9(14)11-8(13)5-6-10-12(11)16-7-15-10/h5-6,9,14H,2-4,7,13H2,1H3. The molecule has 4 nitrogen and oxygen atoms in total. The second kappa shape index (κ2) is 4.61. The minimum absolute atomic E-state index is 0.201. The summed E-state index contributed by atoms with van der Waals surface area (Å²) in [6.07, 6.45) is 2.13. The van der Waals surface area contributed by atoms with Gasteiger partial charge in [0, 0.05) is 11.3 Å². The van der Waals surface area contributed by atoms with Gasteiger partial charge in [-0.25, -0.2) is 0 Å². The number of ether oxygens (including phenoxy) is 2. The van der Waals surface area contributed by atoms with Crippen LogP contribution in [0.25, 0.3) is 0 Å². The monoisotopic (exact) mass is 223 g/mol. The number of nitrogen functional groups attached to an aromatic ring is 1. The van der Waals surface area contributed by atoms with E-state index in [1.54, 1.807) is 12.1 Å². The second-order valence-electron chi connectivity index (χ2n) is 3.96. The average Bonchev–Trinajstić information content (AvgIpc) is 2.73. The van der Waals surface area contributed by atoms with Gasteiger partial charge in [0.2, 0.25) is 6.79 Å². The molecule has 1 atom stereocenters. The molecule has 0 fully saturated rings. The van der Waals surface area contributed by atoms with Crippen molar-refractivity contribution in [3.63, 3.8) is 0 Å². The second-order valence-corrected chi connectivity index (χ2v) is 3.96. The van der Waals surface area contributed by atoms with Gasteiger partial charge >= 0.3 is 0 Å². The minimum Gasteiger partial charge on any atom is -0.454 e. The Labute approximate surface area is 95.0 Å². The third kappa shape index (κ3) is 1.93. The molecule has 0 bridgehead atoms. The van der Waals surface area contributed by atoms with Crippen molar-refractivity contribution in [1.82, 2.24) is 0 Å². The molecule has 0 aromatic heterocycles. The fourth-order valence-corrected chi connectivity index (χ4v) is 1.89. The molecule has 1 heterocycles. The minimum atomic E-state index is -0.573. The molecule has 3 N–H and O–H groups in total. The molecule has 1 aliphatic rings. The highest BCUT2D eigenvalue weighted by Crippen LogP contribution is 2.42. The number of hydrogen-bond acceptors (Lipinski definition) is 4. The number of unbranched alkanes of at least 4 members (excludes halogenated alkanes) is 1. The SMILES string of the molecule is CCCCC(O)c1c(N)ccc2c1OCO2. The molecule has 0 spiro atoms. The molecule has 0 saturated carbocycles. The molecular formula is C12H17NO3. The van der Waals surface area contributed by atoms with Crippen molar-refractivity contribution in [2.45, 2.75) is 32.3 Å². The number of nitrogens with two attached hydrogens (primary N) is 1. The molecule has 0 saturated heterocycles. The molecule has 0 aliphatic carbocycles. The number of benzene rings is 1. The summed E-state index contributed by atoms with van der Waals surface area (Å²) in [7, 11) is 0. The first-order chi connectivity index (χ1) is 7.74. The molecule has 1 aromatic carbocycles. The highest BCUT2D eigenvalue weighted by atomic mass is 16.7. The third-order valence-electron chi connectivity index (χ3n) is 2.78. The number of hydrogen-bond donors (Lipinski definition) is 2. The normalized spacial score (nSPS) is 15.1. The van der Waals surface area contributed by atoms with Crippen LogP contribution in [0.15, 0.2) is 12.1 Å². The summed E-state index contributed by atoms with van der Waals surface area (Å²) in [6.45, 7) is 2.29. The van der Waals surface area contributed by atoms with Gasteiger partial charge in [-0.15, -0.1) is 0 Å². The van der Waals surface area contributed by atoms with Gasteiger partial charge in [0.15, 0.2) is 11.5 Å². The predicted molar refractivity (Wildman–Crippen MR) is 61.5 cm³/mol. The van der Waals surface area contributed by atoms with Crippen LogP contribution in [0, 0.1) is 0 Å². The highest BCUT2D eigenvalue weighted by Gasteiger charge is 2.24. The van der Waals surface area contributed by atoms with E-state index in [0.717, 1.165) is 12.8 Å². The quantitative estimate of drug-likeness (QED) is 0.768. The van der Waals surface area contributed by atoms with Crippen LogP contribution in [0.3, 0.4) is 0 Å². The fraction of sp³-hybridized carbons (Fsp3) is 0.500. The van der Waals surface area contributed by atoms with Crippen LogP contribution in [-0.4, -0.2) is 11.9 Å². The Morgan fingerprint density at radius 2 is 2.25 bits per heavy atom. The van der Waals surface area contributed by atoms with Crippen LogP contribution in [0.5, 0.6) is 11.5 Å². The maximum Gasteiger partial charge on any atom is 0.231 e. The van der Waals surface area contributed by atoms with Crippen molar-refractivity contribution in [1.29, 1.82) is 0 Å².